The molecule has 0 atom stereocenters. The summed E-state index contributed by atoms with van der Waals surface area (Å²) in [6, 6.07) is 0. The molecule has 9 nitrogen and oxygen atoms in total. The number of hydrogen-bond acceptors (Lipinski definition) is 4. The molecule has 0 saturated heterocycles. The van der Waals surface area contributed by atoms with Gasteiger partial charge in [-0.05, 0) is 0 Å². The molecule has 0 aromatic carbocycles. The molecule has 0 spiro atoms. The van der Waals surface area contributed by atoms with E-state index in [4.69, 9.17) is 19.6 Å². The van der Waals surface area contributed by atoms with E-state index < -0.39 is 26.8 Å². The SMILES string of the molecule is O=P(O)(O)C(O)(Cn1ccnc1)P(=O)(O)O.[Na+]. The normalized spacial score (nSPS) is 13.2. The fourth-order valence-corrected chi connectivity index (χ4v) is 3.03. The van der Waals surface area contributed by atoms with Crippen LogP contribution in [0.15, 0.2) is 18.7 Å². The number of aliphatic hydroxyl groups is 1. The zero-order chi connectivity index (χ0) is 12.6. The fraction of sp³-hybridized carbons (Fsp3) is 0.400. The Morgan fingerprint density at radius 3 is 1.94 bits per heavy atom. The van der Waals surface area contributed by atoms with Gasteiger partial charge in [0.05, 0.1) is 12.9 Å². The molecule has 1 aromatic heterocycles. The summed E-state index contributed by atoms with van der Waals surface area (Å²) in [6.45, 7) is -0.957. The zero-order valence-electron chi connectivity index (χ0n) is 8.78. The third-order valence-electron chi connectivity index (χ3n) is 1.89. The van der Waals surface area contributed by atoms with Crippen molar-refractivity contribution in [3.8, 4) is 0 Å². The third-order valence-corrected chi connectivity index (χ3v) is 5.60. The molecule has 92 valence electrons. The summed E-state index contributed by atoms with van der Waals surface area (Å²) in [4.78, 5) is 38.7. The van der Waals surface area contributed by atoms with Gasteiger partial charge in [-0.1, -0.05) is 0 Å². The van der Waals surface area contributed by atoms with Gasteiger partial charge in [-0.2, -0.15) is 0 Å². The minimum absolute atomic E-state index is 0. The summed E-state index contributed by atoms with van der Waals surface area (Å²) in [5.41, 5.74) is 0. The number of nitrogens with zero attached hydrogens (tertiary/aromatic N) is 2. The molecule has 0 saturated carbocycles. The Kier molecular flexibility index (Phi) is 5.78. The molecule has 0 aliphatic carbocycles. The van der Waals surface area contributed by atoms with Crippen LogP contribution in [0, 0.1) is 0 Å². The molecule has 0 radical (unpaired) electrons. The van der Waals surface area contributed by atoms with Crippen molar-refractivity contribution in [2.45, 2.75) is 11.6 Å². The topological polar surface area (TPSA) is 153 Å². The van der Waals surface area contributed by atoms with Crippen LogP contribution < -0.4 is 29.6 Å². The molecule has 0 aliphatic heterocycles. The molecule has 0 bridgehead atoms. The van der Waals surface area contributed by atoms with Crippen molar-refractivity contribution < 1.29 is 63.4 Å². The molecule has 0 fully saturated rings. The van der Waals surface area contributed by atoms with E-state index in [1.54, 1.807) is 0 Å². The zero-order valence-corrected chi connectivity index (χ0v) is 12.6. The van der Waals surface area contributed by atoms with Gasteiger partial charge in [0.2, 0.25) is 0 Å². The predicted octanol–water partition coefficient (Wildman–Crippen LogP) is -4.11. The minimum atomic E-state index is -5.41. The Balaban J connectivity index is 0.00000256. The van der Waals surface area contributed by atoms with E-state index in [0.717, 1.165) is 10.9 Å². The van der Waals surface area contributed by atoms with Gasteiger partial charge >= 0.3 is 44.7 Å². The van der Waals surface area contributed by atoms with Crippen molar-refractivity contribution in [1.82, 2.24) is 9.55 Å². The maximum Gasteiger partial charge on any atom is 1.00 e. The van der Waals surface area contributed by atoms with Crippen molar-refractivity contribution >= 4 is 15.2 Å². The van der Waals surface area contributed by atoms with E-state index in [1.165, 1.54) is 12.4 Å². The summed E-state index contributed by atoms with van der Waals surface area (Å²) in [5.74, 6) is 0. The molecule has 1 aromatic rings. The first-order valence-corrected chi connectivity index (χ1v) is 7.10. The predicted molar refractivity (Wildman–Crippen MR) is 51.3 cm³/mol. The van der Waals surface area contributed by atoms with Crippen LogP contribution >= 0.6 is 15.2 Å². The van der Waals surface area contributed by atoms with Crippen LogP contribution in [0.4, 0.5) is 0 Å². The van der Waals surface area contributed by atoms with E-state index in [-0.39, 0.29) is 29.6 Å². The fourth-order valence-electron chi connectivity index (χ4n) is 0.979. The quantitative estimate of drug-likeness (QED) is 0.277. The molecule has 0 amide bonds. The van der Waals surface area contributed by atoms with Crippen molar-refractivity contribution in [3.05, 3.63) is 18.7 Å². The second-order valence-electron chi connectivity index (χ2n) is 3.10. The Hall–Kier alpha value is 0.470. The van der Waals surface area contributed by atoms with E-state index in [1.807, 2.05) is 0 Å². The minimum Gasteiger partial charge on any atom is -0.366 e. The molecular formula is C5H10N2NaO7P2+. The van der Waals surface area contributed by atoms with Crippen molar-refractivity contribution in [2.24, 2.45) is 0 Å². The van der Waals surface area contributed by atoms with Crippen LogP contribution in [0.1, 0.15) is 0 Å². The summed E-state index contributed by atoms with van der Waals surface area (Å²) < 4.78 is 22.8. The summed E-state index contributed by atoms with van der Waals surface area (Å²) in [5, 5.41) is 6.04. The maximum absolute atomic E-state index is 10.9. The Morgan fingerprint density at radius 2 is 1.65 bits per heavy atom. The molecule has 0 aliphatic rings. The number of hydrogen-bond donors (Lipinski definition) is 5. The van der Waals surface area contributed by atoms with E-state index in [0.29, 0.717) is 0 Å². The van der Waals surface area contributed by atoms with Gasteiger partial charge in [0, 0.05) is 12.4 Å². The molecule has 5 N–H and O–H groups in total. The van der Waals surface area contributed by atoms with Crippen molar-refractivity contribution in [1.29, 1.82) is 0 Å². The summed E-state index contributed by atoms with van der Waals surface area (Å²) in [6.07, 6.45) is 3.51. The van der Waals surface area contributed by atoms with Gasteiger partial charge < -0.3 is 29.2 Å². The molecule has 1 heterocycles. The molecule has 17 heavy (non-hydrogen) atoms. The van der Waals surface area contributed by atoms with Crippen molar-refractivity contribution in [2.75, 3.05) is 0 Å². The monoisotopic (exact) mass is 295 g/mol. The molecule has 0 unspecified atom stereocenters. The Bertz CT molecular complexity index is 429. The first-order chi connectivity index (χ1) is 7.08. The number of aromatic nitrogens is 2. The standard InChI is InChI=1S/C5H10N2O7P2.Na/c8-5(15(9,10)11,16(12,13)14)3-7-2-1-6-4-7;/h1-2,4,8H,3H2,(H2,9,10,11)(H2,12,13,14);/q;+1. The third kappa shape index (κ3) is 3.71. The Labute approximate surface area is 118 Å². The van der Waals surface area contributed by atoms with Crippen LogP contribution in [0.5, 0.6) is 0 Å². The van der Waals surface area contributed by atoms with Gasteiger partial charge in [0.15, 0.2) is 0 Å². The first kappa shape index (κ1) is 17.5. The number of rotatable bonds is 4. The van der Waals surface area contributed by atoms with E-state index >= 15 is 0 Å². The number of imidazole rings is 1. The molecular weight excluding hydrogens is 285 g/mol. The van der Waals surface area contributed by atoms with Crippen LogP contribution in [0.3, 0.4) is 0 Å². The van der Waals surface area contributed by atoms with Gasteiger partial charge in [0.1, 0.15) is 0 Å². The van der Waals surface area contributed by atoms with Crippen LogP contribution in [-0.4, -0.2) is 39.3 Å². The summed E-state index contributed by atoms with van der Waals surface area (Å²) >= 11 is 0. The van der Waals surface area contributed by atoms with Gasteiger partial charge in [-0.25, -0.2) is 4.98 Å². The second-order valence-corrected chi connectivity index (χ2v) is 7.11. The smallest absolute Gasteiger partial charge is 0.366 e. The van der Waals surface area contributed by atoms with Crippen molar-refractivity contribution in [3.63, 3.8) is 0 Å². The molecule has 12 heteroatoms. The van der Waals surface area contributed by atoms with Crippen LogP contribution in [0.25, 0.3) is 0 Å². The van der Waals surface area contributed by atoms with Crippen LogP contribution in [0.2, 0.25) is 0 Å². The molecule has 1 rings (SSSR count). The van der Waals surface area contributed by atoms with Gasteiger partial charge in [-0.15, -0.1) is 0 Å². The van der Waals surface area contributed by atoms with E-state index in [2.05, 4.69) is 4.98 Å². The van der Waals surface area contributed by atoms with Gasteiger partial charge in [-0.3, -0.25) is 9.13 Å². The second kappa shape index (κ2) is 5.63. The average Bonchev–Trinajstić information content (AvgIpc) is 2.52. The first-order valence-electron chi connectivity index (χ1n) is 3.87. The maximum atomic E-state index is 10.9. The van der Waals surface area contributed by atoms with Gasteiger partial charge in [0.25, 0.3) is 5.08 Å². The summed E-state index contributed by atoms with van der Waals surface area (Å²) in [7, 11) is -10.8. The van der Waals surface area contributed by atoms with E-state index in [9.17, 15) is 14.2 Å². The largest absolute Gasteiger partial charge is 1.00 e. The Morgan fingerprint density at radius 1 is 1.18 bits per heavy atom. The van der Waals surface area contributed by atoms with Crippen LogP contribution in [-0.2, 0) is 15.7 Å². The average molecular weight is 295 g/mol.